The molecule has 30 heavy (non-hydrogen) atoms. The average Bonchev–Trinajstić information content (AvgIpc) is 3.20. The number of anilines is 1. The van der Waals surface area contributed by atoms with E-state index in [-0.39, 0.29) is 17.6 Å². The van der Waals surface area contributed by atoms with Crippen LogP contribution in [0.2, 0.25) is 0 Å². The first-order valence-electron chi connectivity index (χ1n) is 8.54. The molecule has 160 valence electrons. The van der Waals surface area contributed by atoms with Crippen molar-refractivity contribution in [2.45, 2.75) is 32.6 Å². The highest BCUT2D eigenvalue weighted by molar-refractivity contribution is 9.10. The quantitative estimate of drug-likeness (QED) is 0.504. The standard InChI is InChI=1S/C18H15BrF5N5O/c1-10-15(19)16(17(20)21)27-29(10)9-14(30)26-13-6-25-28(8-13)7-11-3-2-4-12(5-11)18(22,23)24/h2-6,8,17H,7,9H2,1H3,(H,26,30). The van der Waals surface area contributed by atoms with Crippen LogP contribution >= 0.6 is 15.9 Å². The summed E-state index contributed by atoms with van der Waals surface area (Å²) in [7, 11) is 0. The first kappa shape index (κ1) is 21.9. The van der Waals surface area contributed by atoms with Crippen molar-refractivity contribution in [1.82, 2.24) is 19.6 Å². The Kier molecular flexibility index (Phi) is 6.25. The molecule has 0 aliphatic rings. The predicted octanol–water partition coefficient (Wildman–Crippen LogP) is 4.79. The van der Waals surface area contributed by atoms with E-state index in [1.54, 1.807) is 6.92 Å². The molecular weight excluding hydrogens is 477 g/mol. The highest BCUT2D eigenvalue weighted by Crippen LogP contribution is 2.30. The van der Waals surface area contributed by atoms with Crippen LogP contribution in [0.25, 0.3) is 0 Å². The van der Waals surface area contributed by atoms with E-state index in [4.69, 9.17) is 0 Å². The van der Waals surface area contributed by atoms with Crippen LogP contribution in [0, 0.1) is 6.92 Å². The minimum atomic E-state index is -4.44. The normalized spacial score (nSPS) is 11.9. The fourth-order valence-electron chi connectivity index (χ4n) is 2.73. The summed E-state index contributed by atoms with van der Waals surface area (Å²) < 4.78 is 66.9. The monoisotopic (exact) mass is 491 g/mol. The molecular formula is C18H15BrF5N5O. The van der Waals surface area contributed by atoms with Crippen molar-refractivity contribution in [1.29, 1.82) is 0 Å². The zero-order valence-electron chi connectivity index (χ0n) is 15.4. The Morgan fingerprint density at radius 1 is 1.30 bits per heavy atom. The largest absolute Gasteiger partial charge is 0.416 e. The average molecular weight is 492 g/mol. The van der Waals surface area contributed by atoms with Gasteiger partial charge >= 0.3 is 6.18 Å². The van der Waals surface area contributed by atoms with Crippen LogP contribution in [0.1, 0.15) is 28.9 Å². The zero-order chi connectivity index (χ0) is 22.1. The van der Waals surface area contributed by atoms with Gasteiger partial charge in [-0.2, -0.15) is 23.4 Å². The maximum absolute atomic E-state index is 12.9. The number of hydrogen-bond donors (Lipinski definition) is 1. The van der Waals surface area contributed by atoms with E-state index in [0.717, 1.165) is 16.8 Å². The van der Waals surface area contributed by atoms with Gasteiger partial charge in [0.2, 0.25) is 5.91 Å². The molecule has 2 heterocycles. The van der Waals surface area contributed by atoms with Gasteiger partial charge in [0.15, 0.2) is 0 Å². The van der Waals surface area contributed by atoms with Crippen LogP contribution in [-0.4, -0.2) is 25.5 Å². The lowest BCUT2D eigenvalue weighted by Crippen LogP contribution is -2.20. The van der Waals surface area contributed by atoms with Crippen molar-refractivity contribution in [2.75, 3.05) is 5.32 Å². The smallest absolute Gasteiger partial charge is 0.322 e. The van der Waals surface area contributed by atoms with Crippen LogP contribution in [0.5, 0.6) is 0 Å². The van der Waals surface area contributed by atoms with Crippen molar-refractivity contribution in [3.8, 4) is 0 Å². The third kappa shape index (κ3) is 5.04. The molecule has 0 saturated carbocycles. The van der Waals surface area contributed by atoms with E-state index in [9.17, 15) is 26.7 Å². The lowest BCUT2D eigenvalue weighted by Gasteiger charge is -2.08. The van der Waals surface area contributed by atoms with E-state index in [2.05, 4.69) is 31.4 Å². The Morgan fingerprint density at radius 3 is 2.67 bits per heavy atom. The van der Waals surface area contributed by atoms with Crippen molar-refractivity contribution in [3.05, 3.63) is 63.6 Å². The number of rotatable bonds is 6. The summed E-state index contributed by atoms with van der Waals surface area (Å²) in [6, 6.07) is 4.85. The Labute approximate surface area is 175 Å². The molecule has 0 fully saturated rings. The van der Waals surface area contributed by atoms with Crippen molar-refractivity contribution >= 4 is 27.5 Å². The first-order valence-corrected chi connectivity index (χ1v) is 9.33. The number of carbonyl (C=O) groups is 1. The maximum atomic E-state index is 12.9. The molecule has 3 rings (SSSR count). The van der Waals surface area contributed by atoms with Gasteiger partial charge < -0.3 is 5.32 Å². The molecule has 3 aromatic rings. The lowest BCUT2D eigenvalue weighted by atomic mass is 10.1. The Bertz CT molecular complexity index is 1060. The van der Waals surface area contributed by atoms with Crippen molar-refractivity contribution < 1.29 is 26.7 Å². The van der Waals surface area contributed by atoms with E-state index in [0.29, 0.717) is 16.9 Å². The highest BCUT2D eigenvalue weighted by atomic mass is 79.9. The summed E-state index contributed by atoms with van der Waals surface area (Å²) in [5.74, 6) is -0.521. The number of nitrogens with one attached hydrogen (secondary N) is 1. The number of aromatic nitrogens is 4. The second kappa shape index (κ2) is 8.54. The summed E-state index contributed by atoms with van der Waals surface area (Å²) in [4.78, 5) is 12.2. The molecule has 1 aromatic carbocycles. The Balaban J connectivity index is 1.65. The van der Waals surface area contributed by atoms with Gasteiger partial charge in [-0.15, -0.1) is 0 Å². The van der Waals surface area contributed by atoms with Gasteiger partial charge in [-0.05, 0) is 40.5 Å². The molecule has 0 unspecified atom stereocenters. The van der Waals surface area contributed by atoms with Crippen LogP contribution in [0.15, 0.2) is 41.1 Å². The molecule has 1 N–H and O–H groups in total. The fourth-order valence-corrected chi connectivity index (χ4v) is 3.18. The third-order valence-electron chi connectivity index (χ3n) is 4.17. The predicted molar refractivity (Wildman–Crippen MR) is 101 cm³/mol. The summed E-state index contributed by atoms with van der Waals surface area (Å²) in [5, 5.41) is 10.3. The summed E-state index contributed by atoms with van der Waals surface area (Å²) in [6.07, 6.45) is -4.43. The molecule has 0 aliphatic carbocycles. The highest BCUT2D eigenvalue weighted by Gasteiger charge is 2.30. The fraction of sp³-hybridized carbons (Fsp3) is 0.278. The van der Waals surface area contributed by atoms with Crippen molar-refractivity contribution in [3.63, 3.8) is 0 Å². The minimum absolute atomic E-state index is 0.0722. The molecule has 0 spiro atoms. The molecule has 6 nitrogen and oxygen atoms in total. The number of halogens is 6. The van der Waals surface area contributed by atoms with Crippen LogP contribution < -0.4 is 5.32 Å². The number of carbonyl (C=O) groups excluding carboxylic acids is 1. The number of amides is 1. The minimum Gasteiger partial charge on any atom is -0.322 e. The van der Waals surface area contributed by atoms with E-state index >= 15 is 0 Å². The lowest BCUT2D eigenvalue weighted by molar-refractivity contribution is -0.137. The van der Waals surface area contributed by atoms with Crippen LogP contribution in [0.4, 0.5) is 27.6 Å². The molecule has 0 aliphatic heterocycles. The van der Waals surface area contributed by atoms with E-state index in [1.165, 1.54) is 29.2 Å². The second-order valence-corrected chi connectivity index (χ2v) is 7.21. The van der Waals surface area contributed by atoms with Gasteiger partial charge in [0.1, 0.15) is 12.2 Å². The first-order chi connectivity index (χ1) is 14.0. The molecule has 0 atom stereocenters. The number of nitrogens with zero attached hydrogens (tertiary/aromatic N) is 4. The second-order valence-electron chi connectivity index (χ2n) is 6.42. The zero-order valence-corrected chi connectivity index (χ0v) is 17.0. The molecule has 2 aromatic heterocycles. The van der Waals surface area contributed by atoms with Gasteiger partial charge in [0.25, 0.3) is 6.43 Å². The summed E-state index contributed by atoms with van der Waals surface area (Å²) in [5.41, 5.74) is -0.133. The molecule has 1 amide bonds. The molecule has 12 heteroatoms. The summed E-state index contributed by atoms with van der Waals surface area (Å²) in [6.45, 7) is 1.32. The SMILES string of the molecule is Cc1c(Br)c(C(F)F)nn1CC(=O)Nc1cnn(Cc2cccc(C(F)(F)F)c2)c1. The number of benzene rings is 1. The third-order valence-corrected chi connectivity index (χ3v) is 5.15. The molecule has 0 bridgehead atoms. The topological polar surface area (TPSA) is 64.7 Å². The van der Waals surface area contributed by atoms with Gasteiger partial charge in [-0.3, -0.25) is 14.2 Å². The number of alkyl halides is 5. The van der Waals surface area contributed by atoms with Crippen LogP contribution in [0.3, 0.4) is 0 Å². The van der Waals surface area contributed by atoms with Crippen LogP contribution in [-0.2, 0) is 24.1 Å². The molecule has 0 radical (unpaired) electrons. The van der Waals surface area contributed by atoms with Gasteiger partial charge in [0.05, 0.1) is 34.2 Å². The van der Waals surface area contributed by atoms with E-state index in [1.807, 2.05) is 0 Å². The molecule has 0 saturated heterocycles. The number of hydrogen-bond acceptors (Lipinski definition) is 3. The van der Waals surface area contributed by atoms with Gasteiger partial charge in [-0.25, -0.2) is 8.78 Å². The van der Waals surface area contributed by atoms with Gasteiger partial charge in [-0.1, -0.05) is 12.1 Å². The van der Waals surface area contributed by atoms with Gasteiger partial charge in [0, 0.05) is 6.20 Å². The summed E-state index contributed by atoms with van der Waals surface area (Å²) >= 11 is 3.03. The van der Waals surface area contributed by atoms with E-state index < -0.39 is 29.8 Å². The Hall–Kier alpha value is -2.76. The maximum Gasteiger partial charge on any atom is 0.416 e. The van der Waals surface area contributed by atoms with Crippen molar-refractivity contribution in [2.24, 2.45) is 0 Å². The Morgan fingerprint density at radius 2 is 2.03 bits per heavy atom.